The first-order valence-corrected chi connectivity index (χ1v) is 4.99. The summed E-state index contributed by atoms with van der Waals surface area (Å²) >= 11 is 5.84. The maximum absolute atomic E-state index is 5.84. The summed E-state index contributed by atoms with van der Waals surface area (Å²) in [5.41, 5.74) is 0.925. The predicted molar refractivity (Wildman–Crippen MR) is 60.7 cm³/mol. The molecule has 0 aliphatic carbocycles. The third-order valence-electron chi connectivity index (χ3n) is 1.90. The lowest BCUT2D eigenvalue weighted by atomic mass is 10.2. The Bertz CT molecular complexity index is 489. The second-order valence-electron chi connectivity index (χ2n) is 3.07. The molecule has 1 nitrogen and oxygen atoms in total. The summed E-state index contributed by atoms with van der Waals surface area (Å²) in [5.74, 6) is 6.94. The Hall–Kier alpha value is -1.65. The average Bonchev–Trinajstić information content (AvgIpc) is 2.71. The van der Waals surface area contributed by atoms with Crippen molar-refractivity contribution in [3.63, 3.8) is 0 Å². The molecule has 0 saturated carbocycles. The molecule has 0 spiro atoms. The molecule has 0 saturated heterocycles. The molecule has 0 aliphatic rings. The largest absolute Gasteiger partial charge is 0.468 e. The lowest BCUT2D eigenvalue weighted by Crippen LogP contribution is -1.77. The van der Waals surface area contributed by atoms with Gasteiger partial charge >= 0.3 is 0 Å². The van der Waals surface area contributed by atoms with Gasteiger partial charge in [-0.25, -0.2) is 0 Å². The number of furan rings is 1. The van der Waals surface area contributed by atoms with Crippen LogP contribution in [-0.4, -0.2) is 0 Å². The van der Waals surface area contributed by atoms with Gasteiger partial charge in [0.1, 0.15) is 5.76 Å². The zero-order valence-corrected chi connectivity index (χ0v) is 8.79. The molecule has 0 unspecified atom stereocenters. The Kier molecular flexibility index (Phi) is 3.11. The quantitative estimate of drug-likeness (QED) is 0.665. The van der Waals surface area contributed by atoms with E-state index in [0.717, 1.165) is 11.3 Å². The summed E-state index contributed by atoms with van der Waals surface area (Å²) in [4.78, 5) is 0. The van der Waals surface area contributed by atoms with Gasteiger partial charge in [-0.1, -0.05) is 29.5 Å². The Labute approximate surface area is 93.7 Å². The summed E-state index contributed by atoms with van der Waals surface area (Å²) < 4.78 is 5.17. The zero-order valence-electron chi connectivity index (χ0n) is 8.03. The highest BCUT2D eigenvalue weighted by molar-refractivity contribution is 6.30. The Morgan fingerprint density at radius 2 is 2.13 bits per heavy atom. The van der Waals surface area contributed by atoms with E-state index < -0.39 is 0 Å². The third kappa shape index (κ3) is 2.90. The Balaban J connectivity index is 2.06. The number of halogens is 1. The molecule has 15 heavy (non-hydrogen) atoms. The molecule has 0 aliphatic heterocycles. The van der Waals surface area contributed by atoms with Crippen LogP contribution in [0.5, 0.6) is 0 Å². The molecular formula is C13H9ClO. The minimum absolute atomic E-state index is 0.625. The molecule has 2 rings (SSSR count). The summed E-state index contributed by atoms with van der Waals surface area (Å²) in [6.45, 7) is 0. The first kappa shape index (κ1) is 9.89. The smallest absolute Gasteiger partial charge is 0.115 e. The maximum Gasteiger partial charge on any atom is 0.115 e. The molecule has 0 bridgehead atoms. The van der Waals surface area contributed by atoms with E-state index >= 15 is 0 Å². The molecule has 0 amide bonds. The zero-order chi connectivity index (χ0) is 10.5. The van der Waals surface area contributed by atoms with Crippen molar-refractivity contribution in [1.82, 2.24) is 0 Å². The second-order valence-corrected chi connectivity index (χ2v) is 3.50. The monoisotopic (exact) mass is 216 g/mol. The lowest BCUT2D eigenvalue weighted by molar-refractivity contribution is 0.525. The molecule has 2 aromatic rings. The molecule has 1 aromatic carbocycles. The Morgan fingerprint density at radius 1 is 1.20 bits per heavy atom. The van der Waals surface area contributed by atoms with Gasteiger partial charge in [0.2, 0.25) is 0 Å². The van der Waals surface area contributed by atoms with Gasteiger partial charge in [0.05, 0.1) is 12.7 Å². The van der Waals surface area contributed by atoms with Crippen LogP contribution in [-0.2, 0) is 6.42 Å². The summed E-state index contributed by atoms with van der Waals surface area (Å²) in [6, 6.07) is 11.3. The summed E-state index contributed by atoms with van der Waals surface area (Å²) in [5, 5.41) is 0.708. The molecule has 0 radical (unpaired) electrons. The van der Waals surface area contributed by atoms with Crippen LogP contribution in [0.1, 0.15) is 11.3 Å². The fraction of sp³-hybridized carbons (Fsp3) is 0.0769. The van der Waals surface area contributed by atoms with Crippen LogP contribution in [0.15, 0.2) is 47.1 Å². The van der Waals surface area contributed by atoms with Crippen molar-refractivity contribution in [2.24, 2.45) is 0 Å². The van der Waals surface area contributed by atoms with Gasteiger partial charge in [-0.3, -0.25) is 0 Å². The van der Waals surface area contributed by atoms with E-state index in [4.69, 9.17) is 16.0 Å². The van der Waals surface area contributed by atoms with Crippen LogP contribution in [0.4, 0.5) is 0 Å². The van der Waals surface area contributed by atoms with Crippen LogP contribution < -0.4 is 0 Å². The molecule has 1 heterocycles. The predicted octanol–water partition coefficient (Wildman–Crippen LogP) is 3.53. The normalized spacial score (nSPS) is 9.40. The van der Waals surface area contributed by atoms with Crippen molar-refractivity contribution in [3.05, 3.63) is 59.0 Å². The SMILES string of the molecule is Clc1cccc(C#CCc2ccco2)c1. The van der Waals surface area contributed by atoms with E-state index in [-0.39, 0.29) is 0 Å². The van der Waals surface area contributed by atoms with Gasteiger partial charge in [-0.2, -0.15) is 0 Å². The fourth-order valence-electron chi connectivity index (χ4n) is 1.21. The van der Waals surface area contributed by atoms with E-state index in [0.29, 0.717) is 11.4 Å². The number of benzene rings is 1. The minimum atomic E-state index is 0.625. The van der Waals surface area contributed by atoms with Gasteiger partial charge < -0.3 is 4.42 Å². The van der Waals surface area contributed by atoms with Crippen LogP contribution in [0.25, 0.3) is 0 Å². The molecular weight excluding hydrogens is 208 g/mol. The topological polar surface area (TPSA) is 13.1 Å². The van der Waals surface area contributed by atoms with Crippen molar-refractivity contribution < 1.29 is 4.42 Å². The molecule has 74 valence electrons. The van der Waals surface area contributed by atoms with E-state index in [1.807, 2.05) is 36.4 Å². The van der Waals surface area contributed by atoms with E-state index in [1.54, 1.807) is 6.26 Å². The number of rotatable bonds is 1. The van der Waals surface area contributed by atoms with Crippen molar-refractivity contribution in [1.29, 1.82) is 0 Å². The standard InChI is InChI=1S/C13H9ClO/c14-12-6-1-4-11(10-12)5-2-7-13-8-3-9-15-13/h1,3-4,6,8-10H,7H2. The first-order valence-electron chi connectivity index (χ1n) is 4.61. The fourth-order valence-corrected chi connectivity index (χ4v) is 1.40. The highest BCUT2D eigenvalue weighted by Gasteiger charge is 1.91. The summed E-state index contributed by atoms with van der Waals surface area (Å²) in [7, 11) is 0. The van der Waals surface area contributed by atoms with E-state index in [1.165, 1.54) is 0 Å². The summed E-state index contributed by atoms with van der Waals surface area (Å²) in [6.07, 6.45) is 2.27. The first-order chi connectivity index (χ1) is 7.34. The van der Waals surface area contributed by atoms with Crippen molar-refractivity contribution >= 4 is 11.6 Å². The highest BCUT2D eigenvalue weighted by atomic mass is 35.5. The molecule has 0 N–H and O–H groups in total. The number of hydrogen-bond acceptors (Lipinski definition) is 1. The van der Waals surface area contributed by atoms with Crippen molar-refractivity contribution in [2.45, 2.75) is 6.42 Å². The molecule has 0 fully saturated rings. The Morgan fingerprint density at radius 3 is 2.87 bits per heavy atom. The van der Waals surface area contributed by atoms with Crippen LogP contribution in [0, 0.1) is 11.8 Å². The van der Waals surface area contributed by atoms with E-state index in [9.17, 15) is 0 Å². The molecule has 0 atom stereocenters. The van der Waals surface area contributed by atoms with Crippen molar-refractivity contribution in [2.75, 3.05) is 0 Å². The van der Waals surface area contributed by atoms with Gasteiger partial charge in [0.25, 0.3) is 0 Å². The van der Waals surface area contributed by atoms with Crippen LogP contribution >= 0.6 is 11.6 Å². The van der Waals surface area contributed by atoms with Gasteiger partial charge in [-0.05, 0) is 30.3 Å². The van der Waals surface area contributed by atoms with Gasteiger partial charge in [0, 0.05) is 10.6 Å². The number of hydrogen-bond donors (Lipinski definition) is 0. The van der Waals surface area contributed by atoms with Crippen molar-refractivity contribution in [3.8, 4) is 11.8 Å². The van der Waals surface area contributed by atoms with Gasteiger partial charge in [-0.15, -0.1) is 0 Å². The highest BCUT2D eigenvalue weighted by Crippen LogP contribution is 2.09. The molecule has 1 aromatic heterocycles. The molecule has 2 heteroatoms. The van der Waals surface area contributed by atoms with Gasteiger partial charge in [0.15, 0.2) is 0 Å². The lowest BCUT2D eigenvalue weighted by Gasteiger charge is -1.90. The second kappa shape index (κ2) is 4.72. The minimum Gasteiger partial charge on any atom is -0.468 e. The van der Waals surface area contributed by atoms with Crippen LogP contribution in [0.3, 0.4) is 0 Å². The maximum atomic E-state index is 5.84. The van der Waals surface area contributed by atoms with E-state index in [2.05, 4.69) is 11.8 Å². The third-order valence-corrected chi connectivity index (χ3v) is 2.14. The van der Waals surface area contributed by atoms with Crippen LogP contribution in [0.2, 0.25) is 5.02 Å². The average molecular weight is 217 g/mol.